The molecule has 6 nitrogen and oxygen atoms in total. The number of halogens is 3. The number of carbonyl (C=O) groups is 1. The number of carbonyl (C=O) groups excluding carboxylic acids is 1. The molecule has 0 saturated carbocycles. The van der Waals surface area contributed by atoms with Crippen molar-refractivity contribution < 1.29 is 18.0 Å². The highest BCUT2D eigenvalue weighted by atomic mass is 19.4. The minimum Gasteiger partial charge on any atom is -0.324 e. The van der Waals surface area contributed by atoms with Crippen LogP contribution in [0.15, 0.2) is 77.1 Å². The smallest absolute Gasteiger partial charge is 0.324 e. The van der Waals surface area contributed by atoms with Gasteiger partial charge in [-0.15, -0.1) is 0 Å². The predicted molar refractivity (Wildman–Crippen MR) is 142 cm³/mol. The molecule has 0 aliphatic carbocycles. The number of aromatic amines is 1. The van der Waals surface area contributed by atoms with E-state index in [0.717, 1.165) is 40.1 Å². The van der Waals surface area contributed by atoms with E-state index < -0.39 is 17.6 Å². The van der Waals surface area contributed by atoms with Crippen molar-refractivity contribution in [3.05, 3.63) is 100 Å². The number of amides is 1. The van der Waals surface area contributed by atoms with Crippen LogP contribution in [-0.4, -0.2) is 22.3 Å². The molecule has 3 aromatic rings. The van der Waals surface area contributed by atoms with E-state index in [9.17, 15) is 18.0 Å². The zero-order valence-electron chi connectivity index (χ0n) is 21.3. The highest BCUT2D eigenvalue weighted by Gasteiger charge is 2.30. The van der Waals surface area contributed by atoms with Gasteiger partial charge in [-0.05, 0) is 93.1 Å². The predicted octanol–water partition coefficient (Wildman–Crippen LogP) is 7.08. The maximum Gasteiger partial charge on any atom is 0.416 e. The molecule has 0 fully saturated rings. The normalized spacial score (nSPS) is 11.4. The van der Waals surface area contributed by atoms with Crippen LogP contribution in [-0.2, 0) is 19.0 Å². The van der Waals surface area contributed by atoms with Gasteiger partial charge in [0.25, 0.3) is 5.91 Å². The number of benzene rings is 2. The topological polar surface area (TPSA) is 82.2 Å². The summed E-state index contributed by atoms with van der Waals surface area (Å²) in [6.45, 7) is 11.6. The van der Waals surface area contributed by atoms with Crippen molar-refractivity contribution in [1.29, 1.82) is 0 Å². The third kappa shape index (κ3) is 7.93. The molecule has 1 amide bonds. The summed E-state index contributed by atoms with van der Waals surface area (Å²) in [6.07, 6.45) is -1.49. The SMILES string of the molecule is C=C(C)/C=N\C(Nc1cc(CCc2cc(NC(=O)c3cccc(C(F)(F)F)c3)ccc2C)[nH]n1)=C(C)C. The number of H-pyrrole nitrogens is 1. The highest BCUT2D eigenvalue weighted by molar-refractivity contribution is 6.04. The Morgan fingerprint density at radius 3 is 2.51 bits per heavy atom. The number of anilines is 2. The molecule has 2 aromatic carbocycles. The second-order valence-corrected chi connectivity index (χ2v) is 9.03. The van der Waals surface area contributed by atoms with Gasteiger partial charge < -0.3 is 10.6 Å². The van der Waals surface area contributed by atoms with Crippen molar-refractivity contribution in [2.75, 3.05) is 10.6 Å². The Kier molecular flexibility index (Phi) is 8.70. The lowest BCUT2D eigenvalue weighted by Crippen LogP contribution is -2.14. The van der Waals surface area contributed by atoms with Crippen LogP contribution in [0.4, 0.5) is 24.7 Å². The number of rotatable bonds is 9. The zero-order valence-corrected chi connectivity index (χ0v) is 21.3. The van der Waals surface area contributed by atoms with E-state index in [1.54, 1.807) is 12.3 Å². The van der Waals surface area contributed by atoms with Crippen LogP contribution in [0.3, 0.4) is 0 Å². The number of aliphatic imine (C=N–C) groups is 1. The summed E-state index contributed by atoms with van der Waals surface area (Å²) in [6, 6.07) is 11.7. The van der Waals surface area contributed by atoms with Gasteiger partial charge in [0.05, 0.1) is 5.56 Å². The molecule has 3 N–H and O–H groups in total. The summed E-state index contributed by atoms with van der Waals surface area (Å²) >= 11 is 0. The monoisotopic (exact) mass is 509 g/mol. The fourth-order valence-electron chi connectivity index (χ4n) is 3.46. The summed E-state index contributed by atoms with van der Waals surface area (Å²) < 4.78 is 39.0. The van der Waals surface area contributed by atoms with Crippen molar-refractivity contribution in [3.8, 4) is 0 Å². The first kappa shape index (κ1) is 27.4. The maximum atomic E-state index is 13.0. The van der Waals surface area contributed by atoms with Crippen LogP contribution >= 0.6 is 0 Å². The van der Waals surface area contributed by atoms with E-state index in [1.807, 2.05) is 45.9 Å². The number of hydrogen-bond acceptors (Lipinski definition) is 4. The standard InChI is InChI=1S/C28H30F3N5O/c1-17(2)16-32-26(18(3)4)34-25-15-24(35-36-25)12-10-20-14-23(11-9-19(20)5)33-27(37)21-7-6-8-22(13-21)28(29,30)31/h6-9,11,13-16H,1,10,12H2,2-5H3,(H,33,37)(H2,34,35,36)/b32-16-. The van der Waals surface area contributed by atoms with Crippen LogP contribution < -0.4 is 10.6 Å². The van der Waals surface area contributed by atoms with Crippen LogP contribution in [0, 0.1) is 6.92 Å². The molecule has 0 aliphatic rings. The van der Waals surface area contributed by atoms with E-state index in [0.29, 0.717) is 30.2 Å². The van der Waals surface area contributed by atoms with Gasteiger partial charge in [0.1, 0.15) is 5.82 Å². The Bertz CT molecular complexity index is 1350. The van der Waals surface area contributed by atoms with Gasteiger partial charge in [-0.1, -0.05) is 18.7 Å². The van der Waals surface area contributed by atoms with Crippen LogP contribution in [0.1, 0.15) is 53.5 Å². The molecular formula is C28H30F3N5O. The zero-order chi connectivity index (χ0) is 27.2. The maximum absolute atomic E-state index is 13.0. The van der Waals surface area contributed by atoms with Gasteiger partial charge in [-0.2, -0.15) is 18.3 Å². The fraction of sp³-hybridized carbons (Fsp3) is 0.250. The molecule has 1 aromatic heterocycles. The van der Waals surface area contributed by atoms with Crippen LogP contribution in [0.5, 0.6) is 0 Å². The summed E-state index contributed by atoms with van der Waals surface area (Å²) in [5, 5.41) is 13.2. The van der Waals surface area contributed by atoms with Gasteiger partial charge in [0, 0.05) is 29.2 Å². The fourth-order valence-corrected chi connectivity index (χ4v) is 3.46. The average Bonchev–Trinajstić information content (AvgIpc) is 3.28. The van der Waals surface area contributed by atoms with Crippen LogP contribution in [0.25, 0.3) is 0 Å². The van der Waals surface area contributed by atoms with E-state index >= 15 is 0 Å². The molecule has 0 aliphatic heterocycles. The minimum atomic E-state index is -4.51. The summed E-state index contributed by atoms with van der Waals surface area (Å²) in [5.41, 5.74) is 4.39. The number of allylic oxidation sites excluding steroid dienone is 2. The summed E-state index contributed by atoms with van der Waals surface area (Å²) in [4.78, 5) is 17.0. The quantitative estimate of drug-likeness (QED) is 0.270. The van der Waals surface area contributed by atoms with Gasteiger partial charge >= 0.3 is 6.18 Å². The Hall–Kier alpha value is -4.14. The van der Waals surface area contributed by atoms with Crippen molar-refractivity contribution in [3.63, 3.8) is 0 Å². The Labute approximate surface area is 214 Å². The van der Waals surface area contributed by atoms with Gasteiger partial charge in [0.2, 0.25) is 0 Å². The minimum absolute atomic E-state index is 0.0576. The number of nitrogens with one attached hydrogen (secondary N) is 3. The van der Waals surface area contributed by atoms with E-state index in [1.165, 1.54) is 12.1 Å². The summed E-state index contributed by atoms with van der Waals surface area (Å²) in [7, 11) is 0. The number of aromatic nitrogens is 2. The first-order chi connectivity index (χ1) is 17.4. The molecule has 0 unspecified atom stereocenters. The second kappa shape index (κ2) is 11.7. The first-order valence-electron chi connectivity index (χ1n) is 11.7. The third-order valence-electron chi connectivity index (χ3n) is 5.49. The molecule has 0 bridgehead atoms. The molecule has 194 valence electrons. The van der Waals surface area contributed by atoms with Crippen molar-refractivity contribution >= 4 is 23.6 Å². The van der Waals surface area contributed by atoms with Crippen LogP contribution in [0.2, 0.25) is 0 Å². The van der Waals surface area contributed by atoms with Crippen molar-refractivity contribution in [2.24, 2.45) is 4.99 Å². The lowest BCUT2D eigenvalue weighted by molar-refractivity contribution is -0.137. The second-order valence-electron chi connectivity index (χ2n) is 9.03. The van der Waals surface area contributed by atoms with E-state index in [4.69, 9.17) is 0 Å². The molecule has 1 heterocycles. The van der Waals surface area contributed by atoms with E-state index in [-0.39, 0.29) is 5.56 Å². The molecule has 0 radical (unpaired) electrons. The number of hydrogen-bond donors (Lipinski definition) is 3. The molecule has 37 heavy (non-hydrogen) atoms. The lowest BCUT2D eigenvalue weighted by Gasteiger charge is -2.11. The molecule has 9 heteroatoms. The van der Waals surface area contributed by atoms with Crippen molar-refractivity contribution in [1.82, 2.24) is 10.2 Å². The van der Waals surface area contributed by atoms with E-state index in [2.05, 4.69) is 32.4 Å². The van der Waals surface area contributed by atoms with Gasteiger partial charge in [-0.3, -0.25) is 9.89 Å². The van der Waals surface area contributed by atoms with Gasteiger partial charge in [-0.25, -0.2) is 4.99 Å². The molecule has 0 atom stereocenters. The number of aryl methyl sites for hydroxylation is 3. The average molecular weight is 510 g/mol. The third-order valence-corrected chi connectivity index (χ3v) is 5.49. The first-order valence-corrected chi connectivity index (χ1v) is 11.7. The molecule has 0 spiro atoms. The summed E-state index contributed by atoms with van der Waals surface area (Å²) in [5.74, 6) is 0.736. The van der Waals surface area contributed by atoms with Crippen molar-refractivity contribution in [2.45, 2.75) is 46.7 Å². The van der Waals surface area contributed by atoms with Gasteiger partial charge in [0.15, 0.2) is 5.82 Å². The Morgan fingerprint density at radius 1 is 1.08 bits per heavy atom. The Morgan fingerprint density at radius 2 is 1.84 bits per heavy atom. The number of alkyl halides is 3. The number of nitrogens with zero attached hydrogens (tertiary/aromatic N) is 2. The lowest BCUT2D eigenvalue weighted by atomic mass is 10.0. The largest absolute Gasteiger partial charge is 0.416 e. The Balaban J connectivity index is 1.66. The molecular weight excluding hydrogens is 479 g/mol. The highest BCUT2D eigenvalue weighted by Crippen LogP contribution is 2.29. The molecule has 3 rings (SSSR count). The molecule has 0 saturated heterocycles.